The lowest BCUT2D eigenvalue weighted by Crippen LogP contribution is -2.48. The van der Waals surface area contributed by atoms with E-state index in [-0.39, 0.29) is 0 Å². The Balaban J connectivity index is 2.46. The summed E-state index contributed by atoms with van der Waals surface area (Å²) in [5.74, 6) is -0.430. The normalized spacial score (nSPS) is 19.3. The second kappa shape index (κ2) is 6.70. The smallest absolute Gasteiger partial charge is 0.321 e. The zero-order valence-electron chi connectivity index (χ0n) is 11.1. The number of carbonyl (C=O) groups is 2. The van der Waals surface area contributed by atoms with Crippen molar-refractivity contribution in [3.63, 3.8) is 0 Å². The van der Waals surface area contributed by atoms with Crippen LogP contribution in [0.15, 0.2) is 0 Å². The zero-order valence-corrected chi connectivity index (χ0v) is 11.1. The first-order chi connectivity index (χ1) is 8.53. The molecule has 1 fully saturated rings. The van der Waals surface area contributed by atoms with Crippen molar-refractivity contribution in [1.82, 2.24) is 10.6 Å². The molecule has 0 radical (unpaired) electrons. The van der Waals surface area contributed by atoms with Crippen molar-refractivity contribution in [2.24, 2.45) is 5.73 Å². The highest BCUT2D eigenvalue weighted by atomic mass is 16.5. The molecule has 1 unspecified atom stereocenters. The molecule has 1 rings (SSSR count). The van der Waals surface area contributed by atoms with Crippen LogP contribution in [0.1, 0.15) is 39.5 Å². The number of carbonyl (C=O) groups excluding carboxylic acids is 2. The summed E-state index contributed by atoms with van der Waals surface area (Å²) in [4.78, 5) is 23.0. The molecule has 6 heteroatoms. The van der Waals surface area contributed by atoms with Crippen molar-refractivity contribution >= 4 is 11.9 Å². The van der Waals surface area contributed by atoms with E-state index in [0.29, 0.717) is 13.1 Å². The van der Waals surface area contributed by atoms with Crippen molar-refractivity contribution in [2.75, 3.05) is 13.1 Å². The second-order valence-electron chi connectivity index (χ2n) is 4.70. The molecule has 0 heterocycles. The summed E-state index contributed by atoms with van der Waals surface area (Å²) in [5, 5.41) is 4.74. The number of rotatable bonds is 5. The predicted molar refractivity (Wildman–Crippen MR) is 68.0 cm³/mol. The van der Waals surface area contributed by atoms with Crippen LogP contribution < -0.4 is 16.4 Å². The fourth-order valence-corrected chi connectivity index (χ4v) is 2.24. The quantitative estimate of drug-likeness (QED) is 0.669. The number of hydrogen-bond acceptors (Lipinski definition) is 4. The molecule has 4 N–H and O–H groups in total. The molecule has 0 saturated heterocycles. The van der Waals surface area contributed by atoms with Gasteiger partial charge in [-0.2, -0.15) is 0 Å². The lowest BCUT2D eigenvalue weighted by Gasteiger charge is -2.30. The summed E-state index contributed by atoms with van der Waals surface area (Å²) in [6.45, 7) is 4.31. The molecule has 0 aromatic heterocycles. The van der Waals surface area contributed by atoms with Gasteiger partial charge in [-0.3, -0.25) is 10.1 Å². The Morgan fingerprint density at radius 3 is 2.50 bits per heavy atom. The lowest BCUT2D eigenvalue weighted by atomic mass is 10.0. The topological polar surface area (TPSA) is 93.5 Å². The Labute approximate surface area is 108 Å². The SMILES string of the molecule is CCNC(=O)NC(=O)C(C)OC1(CN)CCCC1. The molecule has 3 amide bonds. The molecule has 1 aliphatic carbocycles. The van der Waals surface area contributed by atoms with E-state index in [1.807, 2.05) is 0 Å². The van der Waals surface area contributed by atoms with Crippen molar-refractivity contribution in [2.45, 2.75) is 51.2 Å². The molecule has 1 saturated carbocycles. The third-order valence-electron chi connectivity index (χ3n) is 3.26. The van der Waals surface area contributed by atoms with Crippen LogP contribution in [0, 0.1) is 0 Å². The predicted octanol–water partition coefficient (Wildman–Crippen LogP) is 0.509. The van der Waals surface area contributed by atoms with Crippen molar-refractivity contribution in [3.05, 3.63) is 0 Å². The third-order valence-corrected chi connectivity index (χ3v) is 3.26. The average molecular weight is 257 g/mol. The Bertz CT molecular complexity index is 301. The molecule has 0 bridgehead atoms. The minimum absolute atomic E-state index is 0.391. The van der Waals surface area contributed by atoms with Gasteiger partial charge in [0.15, 0.2) is 0 Å². The Hall–Kier alpha value is -1.14. The average Bonchev–Trinajstić information content (AvgIpc) is 2.78. The highest BCUT2D eigenvalue weighted by molar-refractivity contribution is 5.96. The van der Waals surface area contributed by atoms with Gasteiger partial charge in [0.2, 0.25) is 0 Å². The fraction of sp³-hybridized carbons (Fsp3) is 0.833. The first kappa shape index (κ1) is 14.9. The molecule has 0 spiro atoms. The minimum Gasteiger partial charge on any atom is -0.361 e. The lowest BCUT2D eigenvalue weighted by molar-refractivity contribution is -0.143. The van der Waals surface area contributed by atoms with E-state index in [2.05, 4.69) is 10.6 Å². The monoisotopic (exact) mass is 257 g/mol. The molecule has 0 aliphatic heterocycles. The number of imide groups is 1. The van der Waals surface area contributed by atoms with Gasteiger partial charge in [-0.15, -0.1) is 0 Å². The maximum atomic E-state index is 11.7. The molecular weight excluding hydrogens is 234 g/mol. The fourth-order valence-electron chi connectivity index (χ4n) is 2.24. The van der Waals surface area contributed by atoms with Crippen molar-refractivity contribution in [3.8, 4) is 0 Å². The maximum absolute atomic E-state index is 11.7. The summed E-state index contributed by atoms with van der Waals surface area (Å²) in [6.07, 6.45) is 3.23. The van der Waals surface area contributed by atoms with Crippen LogP contribution in [0.3, 0.4) is 0 Å². The van der Waals surface area contributed by atoms with E-state index in [1.54, 1.807) is 13.8 Å². The van der Waals surface area contributed by atoms with Gasteiger partial charge in [-0.25, -0.2) is 4.79 Å². The highest BCUT2D eigenvalue weighted by Gasteiger charge is 2.36. The van der Waals surface area contributed by atoms with Crippen LogP contribution >= 0.6 is 0 Å². The first-order valence-corrected chi connectivity index (χ1v) is 6.49. The first-order valence-electron chi connectivity index (χ1n) is 6.49. The molecule has 18 heavy (non-hydrogen) atoms. The highest BCUT2D eigenvalue weighted by Crippen LogP contribution is 2.33. The Kier molecular flexibility index (Phi) is 5.55. The van der Waals surface area contributed by atoms with Crippen molar-refractivity contribution in [1.29, 1.82) is 0 Å². The van der Waals surface area contributed by atoms with Crippen molar-refractivity contribution < 1.29 is 14.3 Å². The van der Waals surface area contributed by atoms with E-state index in [1.165, 1.54) is 0 Å². The molecule has 104 valence electrons. The number of amides is 3. The number of ether oxygens (including phenoxy) is 1. The van der Waals surface area contributed by atoms with E-state index in [4.69, 9.17) is 10.5 Å². The van der Waals surface area contributed by atoms with Gasteiger partial charge in [-0.1, -0.05) is 12.8 Å². The summed E-state index contributed by atoms with van der Waals surface area (Å²) >= 11 is 0. The molecule has 0 aromatic carbocycles. The summed E-state index contributed by atoms with van der Waals surface area (Å²) < 4.78 is 5.77. The van der Waals surface area contributed by atoms with E-state index in [9.17, 15) is 9.59 Å². The Morgan fingerprint density at radius 2 is 2.00 bits per heavy atom. The van der Waals surface area contributed by atoms with E-state index >= 15 is 0 Å². The van der Waals surface area contributed by atoms with Gasteiger partial charge in [0.05, 0.1) is 5.60 Å². The van der Waals surface area contributed by atoms with Crippen LogP contribution in [0.2, 0.25) is 0 Å². The van der Waals surface area contributed by atoms with Gasteiger partial charge >= 0.3 is 6.03 Å². The van der Waals surface area contributed by atoms with Crippen LogP contribution in [0.25, 0.3) is 0 Å². The number of urea groups is 1. The van der Waals surface area contributed by atoms with E-state index in [0.717, 1.165) is 25.7 Å². The number of hydrogen-bond donors (Lipinski definition) is 3. The van der Waals surface area contributed by atoms with Gasteiger partial charge < -0.3 is 15.8 Å². The largest absolute Gasteiger partial charge is 0.361 e. The summed E-state index contributed by atoms with van der Waals surface area (Å²) in [7, 11) is 0. The number of nitrogens with one attached hydrogen (secondary N) is 2. The summed E-state index contributed by atoms with van der Waals surface area (Å²) in [6, 6.07) is -0.494. The molecular formula is C12H23N3O3. The molecule has 0 aromatic rings. The summed E-state index contributed by atoms with van der Waals surface area (Å²) in [5.41, 5.74) is 5.34. The van der Waals surface area contributed by atoms with E-state index < -0.39 is 23.6 Å². The van der Waals surface area contributed by atoms with Crippen LogP contribution in [0.5, 0.6) is 0 Å². The standard InChI is InChI=1S/C12H23N3O3/c1-3-14-11(17)15-10(16)9(2)18-12(8-13)6-4-5-7-12/h9H,3-8,13H2,1-2H3,(H2,14,15,16,17). The van der Waals surface area contributed by atoms with Crippen LogP contribution in [0.4, 0.5) is 4.79 Å². The van der Waals surface area contributed by atoms with Crippen LogP contribution in [-0.2, 0) is 9.53 Å². The minimum atomic E-state index is -0.672. The zero-order chi connectivity index (χ0) is 13.6. The second-order valence-corrected chi connectivity index (χ2v) is 4.70. The molecule has 1 aliphatic rings. The molecule has 6 nitrogen and oxygen atoms in total. The number of nitrogens with two attached hydrogens (primary N) is 1. The molecule has 1 atom stereocenters. The van der Waals surface area contributed by atoms with Gasteiger partial charge in [-0.05, 0) is 26.7 Å². The van der Waals surface area contributed by atoms with Gasteiger partial charge in [0.1, 0.15) is 6.10 Å². The van der Waals surface area contributed by atoms with Gasteiger partial charge in [0.25, 0.3) is 5.91 Å². The third kappa shape index (κ3) is 3.96. The van der Waals surface area contributed by atoms with Gasteiger partial charge in [0, 0.05) is 13.1 Å². The van der Waals surface area contributed by atoms with Crippen LogP contribution in [-0.4, -0.2) is 36.7 Å². The maximum Gasteiger partial charge on any atom is 0.321 e. The Morgan fingerprint density at radius 1 is 1.39 bits per heavy atom.